The second-order valence-electron chi connectivity index (χ2n) is 5.71. The standard InChI is InChI=1S/C20H19O4P/c1-24-19-14-12-18(13-15-19)20(25(21,22)23,16-8-4-2-5-9-16)17-10-6-3-7-11-17/h2-15H,1H3,(H2,21,22,23). The maximum atomic E-state index is 12.9. The summed E-state index contributed by atoms with van der Waals surface area (Å²) in [5.74, 6) is 0.629. The van der Waals surface area contributed by atoms with Crippen molar-refractivity contribution in [1.29, 1.82) is 0 Å². The minimum absolute atomic E-state index is 0.513. The highest BCUT2D eigenvalue weighted by Gasteiger charge is 2.51. The van der Waals surface area contributed by atoms with E-state index < -0.39 is 12.8 Å². The van der Waals surface area contributed by atoms with Crippen molar-refractivity contribution < 1.29 is 19.1 Å². The average molecular weight is 354 g/mol. The van der Waals surface area contributed by atoms with E-state index in [1.807, 2.05) is 12.1 Å². The van der Waals surface area contributed by atoms with Crippen LogP contribution in [0.4, 0.5) is 0 Å². The first-order chi connectivity index (χ1) is 12.0. The van der Waals surface area contributed by atoms with E-state index in [0.717, 1.165) is 0 Å². The van der Waals surface area contributed by atoms with Gasteiger partial charge in [0.05, 0.1) is 7.11 Å². The van der Waals surface area contributed by atoms with Gasteiger partial charge in [0.2, 0.25) is 0 Å². The summed E-state index contributed by atoms with van der Waals surface area (Å²) >= 11 is 0. The Morgan fingerprint density at radius 2 is 1.12 bits per heavy atom. The quantitative estimate of drug-likeness (QED) is 0.533. The maximum Gasteiger partial charge on any atom is 0.344 e. The normalized spacial score (nSPS) is 12.0. The first kappa shape index (κ1) is 17.4. The molecular formula is C20H19O4P. The molecular weight excluding hydrogens is 335 g/mol. The summed E-state index contributed by atoms with van der Waals surface area (Å²) in [6.45, 7) is 0. The third-order valence-corrected chi connectivity index (χ3v) is 5.98. The van der Waals surface area contributed by atoms with Crippen molar-refractivity contribution >= 4 is 7.60 Å². The van der Waals surface area contributed by atoms with Crippen molar-refractivity contribution in [3.8, 4) is 5.75 Å². The molecule has 3 rings (SSSR count). The molecule has 0 aromatic heterocycles. The number of hydrogen-bond donors (Lipinski definition) is 2. The van der Waals surface area contributed by atoms with Gasteiger partial charge in [0.15, 0.2) is 0 Å². The van der Waals surface area contributed by atoms with E-state index in [9.17, 15) is 14.4 Å². The molecule has 3 aromatic rings. The van der Waals surface area contributed by atoms with E-state index in [4.69, 9.17) is 4.74 Å². The zero-order chi connectivity index (χ0) is 17.9. The molecule has 0 amide bonds. The van der Waals surface area contributed by atoms with Gasteiger partial charge in [0, 0.05) is 0 Å². The molecule has 0 atom stereocenters. The molecule has 3 aromatic carbocycles. The molecule has 0 aliphatic rings. The van der Waals surface area contributed by atoms with Crippen LogP contribution in [0.25, 0.3) is 0 Å². The minimum Gasteiger partial charge on any atom is -0.497 e. The third kappa shape index (κ3) is 3.00. The van der Waals surface area contributed by atoms with E-state index >= 15 is 0 Å². The van der Waals surface area contributed by atoms with Gasteiger partial charge in [0.25, 0.3) is 0 Å². The summed E-state index contributed by atoms with van der Waals surface area (Å²) in [6.07, 6.45) is 0. The van der Waals surface area contributed by atoms with Gasteiger partial charge < -0.3 is 14.5 Å². The predicted octanol–water partition coefficient (Wildman–Crippen LogP) is 4.16. The Labute approximate surface area is 146 Å². The Morgan fingerprint density at radius 3 is 1.48 bits per heavy atom. The lowest BCUT2D eigenvalue weighted by Crippen LogP contribution is -2.29. The Morgan fingerprint density at radius 1 is 0.720 bits per heavy atom. The number of rotatable bonds is 5. The highest BCUT2D eigenvalue weighted by atomic mass is 31.2. The van der Waals surface area contributed by atoms with Crippen molar-refractivity contribution in [3.05, 3.63) is 102 Å². The van der Waals surface area contributed by atoms with Gasteiger partial charge in [-0.15, -0.1) is 0 Å². The van der Waals surface area contributed by atoms with Gasteiger partial charge in [-0.05, 0) is 28.8 Å². The molecule has 0 aliphatic carbocycles. The molecule has 0 bridgehead atoms. The second-order valence-corrected chi connectivity index (χ2v) is 7.47. The van der Waals surface area contributed by atoms with Crippen LogP contribution < -0.4 is 4.74 Å². The van der Waals surface area contributed by atoms with Gasteiger partial charge in [-0.3, -0.25) is 4.57 Å². The predicted molar refractivity (Wildman–Crippen MR) is 97.8 cm³/mol. The largest absolute Gasteiger partial charge is 0.497 e. The summed E-state index contributed by atoms with van der Waals surface area (Å²) in [7, 11) is -3.08. The van der Waals surface area contributed by atoms with Crippen molar-refractivity contribution in [3.63, 3.8) is 0 Å². The molecule has 0 unspecified atom stereocenters. The summed E-state index contributed by atoms with van der Waals surface area (Å²) in [6, 6.07) is 24.6. The van der Waals surface area contributed by atoms with Gasteiger partial charge in [-0.2, -0.15) is 0 Å². The highest BCUT2D eigenvalue weighted by molar-refractivity contribution is 7.53. The molecule has 2 N–H and O–H groups in total. The summed E-state index contributed by atoms with van der Waals surface area (Å²) < 4.78 is 18.1. The van der Waals surface area contributed by atoms with Crippen LogP contribution in [-0.2, 0) is 9.72 Å². The zero-order valence-electron chi connectivity index (χ0n) is 13.7. The number of hydrogen-bond acceptors (Lipinski definition) is 2. The topological polar surface area (TPSA) is 66.8 Å². The number of benzene rings is 3. The van der Waals surface area contributed by atoms with Crippen LogP contribution >= 0.6 is 7.60 Å². The van der Waals surface area contributed by atoms with E-state index in [-0.39, 0.29) is 0 Å². The van der Waals surface area contributed by atoms with Crippen LogP contribution in [0, 0.1) is 0 Å². The van der Waals surface area contributed by atoms with Crippen LogP contribution in [0.5, 0.6) is 5.75 Å². The van der Waals surface area contributed by atoms with Gasteiger partial charge >= 0.3 is 7.60 Å². The molecule has 0 saturated heterocycles. The summed E-state index contributed by atoms with van der Waals surface area (Å²) in [4.78, 5) is 21.0. The molecule has 0 radical (unpaired) electrons. The number of ether oxygens (including phenoxy) is 1. The van der Waals surface area contributed by atoms with Crippen LogP contribution in [0.2, 0.25) is 0 Å². The van der Waals surface area contributed by atoms with E-state index in [0.29, 0.717) is 22.4 Å². The van der Waals surface area contributed by atoms with Crippen LogP contribution in [0.3, 0.4) is 0 Å². The summed E-state index contributed by atoms with van der Waals surface area (Å²) in [5, 5.41) is -1.58. The maximum absolute atomic E-state index is 12.9. The zero-order valence-corrected chi connectivity index (χ0v) is 14.6. The lowest BCUT2D eigenvalue weighted by Gasteiger charge is -2.36. The SMILES string of the molecule is COc1ccc(C(c2ccccc2)(c2ccccc2)P(=O)(O)O)cc1. The van der Waals surface area contributed by atoms with Gasteiger partial charge in [-0.1, -0.05) is 72.8 Å². The second kappa shape index (κ2) is 6.85. The highest BCUT2D eigenvalue weighted by Crippen LogP contribution is 2.64. The van der Waals surface area contributed by atoms with E-state index in [2.05, 4.69) is 0 Å². The van der Waals surface area contributed by atoms with Crippen molar-refractivity contribution in [2.24, 2.45) is 0 Å². The minimum atomic E-state index is -4.64. The van der Waals surface area contributed by atoms with Crippen LogP contribution in [-0.4, -0.2) is 16.9 Å². The molecule has 0 fully saturated rings. The molecule has 5 heteroatoms. The fraction of sp³-hybridized carbons (Fsp3) is 0.100. The van der Waals surface area contributed by atoms with Crippen LogP contribution in [0.1, 0.15) is 16.7 Å². The fourth-order valence-corrected chi connectivity index (χ4v) is 4.65. The lowest BCUT2D eigenvalue weighted by atomic mass is 9.84. The monoisotopic (exact) mass is 354 g/mol. The molecule has 25 heavy (non-hydrogen) atoms. The molecule has 0 aliphatic heterocycles. The van der Waals surface area contributed by atoms with Crippen molar-refractivity contribution in [2.45, 2.75) is 5.16 Å². The van der Waals surface area contributed by atoms with Gasteiger partial charge in [0.1, 0.15) is 10.9 Å². The average Bonchev–Trinajstić information content (AvgIpc) is 2.63. The van der Waals surface area contributed by atoms with E-state index in [1.54, 1.807) is 79.9 Å². The number of methoxy groups -OCH3 is 1. The molecule has 0 heterocycles. The Hall–Kier alpha value is -2.39. The lowest BCUT2D eigenvalue weighted by molar-refractivity contribution is 0.349. The van der Waals surface area contributed by atoms with Crippen molar-refractivity contribution in [2.75, 3.05) is 7.11 Å². The Kier molecular flexibility index (Phi) is 4.78. The third-order valence-electron chi connectivity index (χ3n) is 4.33. The van der Waals surface area contributed by atoms with E-state index in [1.165, 1.54) is 0 Å². The van der Waals surface area contributed by atoms with Gasteiger partial charge in [-0.25, -0.2) is 0 Å². The molecule has 4 nitrogen and oxygen atoms in total. The Balaban J connectivity index is 2.39. The first-order valence-electron chi connectivity index (χ1n) is 7.81. The Bertz CT molecular complexity index is 831. The summed E-state index contributed by atoms with van der Waals surface area (Å²) in [5.41, 5.74) is 1.60. The molecule has 0 saturated carbocycles. The van der Waals surface area contributed by atoms with Crippen molar-refractivity contribution in [1.82, 2.24) is 0 Å². The molecule has 128 valence electrons. The first-order valence-corrected chi connectivity index (χ1v) is 9.42. The fourth-order valence-electron chi connectivity index (χ4n) is 3.20. The molecule has 0 spiro atoms. The van der Waals surface area contributed by atoms with Crippen LogP contribution in [0.15, 0.2) is 84.9 Å². The smallest absolute Gasteiger partial charge is 0.344 e.